The molecular formula is C13H23N3OS. The molecule has 5 heteroatoms. The summed E-state index contributed by atoms with van der Waals surface area (Å²) >= 11 is 1.77. The van der Waals surface area contributed by atoms with Gasteiger partial charge in [0.05, 0.1) is 25.5 Å². The van der Waals surface area contributed by atoms with Crippen molar-refractivity contribution in [3.63, 3.8) is 0 Å². The van der Waals surface area contributed by atoms with Crippen LogP contribution in [-0.2, 0) is 23.2 Å². The predicted octanol–water partition coefficient (Wildman–Crippen LogP) is 1.73. The largest absolute Gasteiger partial charge is 0.379 e. The normalized spacial score (nSPS) is 18.2. The topological polar surface area (TPSA) is 51.4 Å². The molecule has 1 aromatic heterocycles. The predicted molar refractivity (Wildman–Crippen MR) is 74.8 cm³/mol. The number of nitrogens with two attached hydrogens (primary N) is 1. The van der Waals surface area contributed by atoms with Crippen LogP contribution >= 0.6 is 11.3 Å². The molecule has 0 bridgehead atoms. The molecule has 102 valence electrons. The summed E-state index contributed by atoms with van der Waals surface area (Å²) in [7, 11) is 0. The molecule has 0 atom stereocenters. The van der Waals surface area contributed by atoms with E-state index in [-0.39, 0.29) is 5.54 Å². The minimum Gasteiger partial charge on any atom is -0.379 e. The van der Waals surface area contributed by atoms with Crippen molar-refractivity contribution in [2.24, 2.45) is 5.73 Å². The number of hydrogen-bond acceptors (Lipinski definition) is 5. The summed E-state index contributed by atoms with van der Waals surface area (Å²) in [6, 6.07) is 0. The van der Waals surface area contributed by atoms with Crippen molar-refractivity contribution in [2.45, 2.75) is 39.3 Å². The first-order chi connectivity index (χ1) is 8.50. The fourth-order valence-corrected chi connectivity index (χ4v) is 3.37. The van der Waals surface area contributed by atoms with Gasteiger partial charge in [-0.15, -0.1) is 11.3 Å². The van der Waals surface area contributed by atoms with Gasteiger partial charge in [-0.1, -0.05) is 6.92 Å². The second kappa shape index (κ2) is 5.65. The van der Waals surface area contributed by atoms with E-state index in [9.17, 15) is 0 Å². The van der Waals surface area contributed by atoms with Crippen LogP contribution in [0.25, 0.3) is 0 Å². The smallest absolute Gasteiger partial charge is 0.107 e. The number of hydrogen-bond donors (Lipinski definition) is 1. The van der Waals surface area contributed by atoms with E-state index in [1.54, 1.807) is 11.3 Å². The van der Waals surface area contributed by atoms with Crippen LogP contribution in [0.2, 0.25) is 0 Å². The van der Waals surface area contributed by atoms with Crippen molar-refractivity contribution in [3.05, 3.63) is 15.6 Å². The second-order valence-corrected chi connectivity index (χ2v) is 6.43. The number of rotatable bonds is 4. The molecule has 1 saturated heterocycles. The number of nitrogens with zero attached hydrogens (tertiary/aromatic N) is 2. The highest BCUT2D eigenvalue weighted by molar-refractivity contribution is 7.11. The lowest BCUT2D eigenvalue weighted by molar-refractivity contribution is 0.0341. The molecule has 1 aromatic rings. The lowest BCUT2D eigenvalue weighted by atomic mass is 10.0. The molecule has 1 aliphatic heterocycles. The molecule has 18 heavy (non-hydrogen) atoms. The Morgan fingerprint density at radius 2 is 2.06 bits per heavy atom. The molecule has 0 aromatic carbocycles. The van der Waals surface area contributed by atoms with Crippen molar-refractivity contribution >= 4 is 11.3 Å². The maximum atomic E-state index is 6.22. The molecular weight excluding hydrogens is 246 g/mol. The van der Waals surface area contributed by atoms with E-state index in [1.165, 1.54) is 9.88 Å². The molecule has 4 nitrogen and oxygen atoms in total. The van der Waals surface area contributed by atoms with Crippen LogP contribution in [0.15, 0.2) is 0 Å². The third-order valence-corrected chi connectivity index (χ3v) is 4.55. The molecule has 0 unspecified atom stereocenters. The Kier molecular flexibility index (Phi) is 4.37. The van der Waals surface area contributed by atoms with E-state index in [0.29, 0.717) is 0 Å². The first-order valence-electron chi connectivity index (χ1n) is 6.58. The van der Waals surface area contributed by atoms with Crippen molar-refractivity contribution in [1.82, 2.24) is 9.88 Å². The minimum atomic E-state index is -0.285. The molecule has 0 amide bonds. The molecule has 1 aliphatic rings. The summed E-state index contributed by atoms with van der Waals surface area (Å²) < 4.78 is 5.36. The zero-order valence-corrected chi connectivity index (χ0v) is 12.3. The monoisotopic (exact) mass is 269 g/mol. The maximum Gasteiger partial charge on any atom is 0.107 e. The lowest BCUT2D eigenvalue weighted by Gasteiger charge is -2.25. The van der Waals surface area contributed by atoms with Gasteiger partial charge in [-0.3, -0.25) is 4.90 Å². The molecule has 0 aliphatic carbocycles. The van der Waals surface area contributed by atoms with Gasteiger partial charge in [0.2, 0.25) is 0 Å². The average molecular weight is 269 g/mol. The Labute approximate surface area is 113 Å². The van der Waals surface area contributed by atoms with E-state index in [2.05, 4.69) is 25.7 Å². The zero-order valence-electron chi connectivity index (χ0n) is 11.5. The van der Waals surface area contributed by atoms with Crippen LogP contribution in [0.5, 0.6) is 0 Å². The van der Waals surface area contributed by atoms with Crippen LogP contribution < -0.4 is 5.73 Å². The second-order valence-electron chi connectivity index (χ2n) is 5.35. The Morgan fingerprint density at radius 1 is 1.39 bits per heavy atom. The van der Waals surface area contributed by atoms with Gasteiger partial charge in [0.25, 0.3) is 0 Å². The van der Waals surface area contributed by atoms with Gasteiger partial charge in [-0.2, -0.15) is 0 Å². The summed E-state index contributed by atoms with van der Waals surface area (Å²) in [4.78, 5) is 8.37. The van der Waals surface area contributed by atoms with E-state index in [0.717, 1.165) is 45.0 Å². The summed E-state index contributed by atoms with van der Waals surface area (Å²) in [5.41, 5.74) is 7.09. The number of thiazole rings is 1. The quantitative estimate of drug-likeness (QED) is 0.904. The van der Waals surface area contributed by atoms with Crippen LogP contribution in [0, 0.1) is 0 Å². The van der Waals surface area contributed by atoms with Gasteiger partial charge in [-0.25, -0.2) is 4.98 Å². The highest BCUT2D eigenvalue weighted by Gasteiger charge is 2.23. The van der Waals surface area contributed by atoms with Crippen LogP contribution in [-0.4, -0.2) is 36.2 Å². The fraction of sp³-hybridized carbons (Fsp3) is 0.769. The maximum absolute atomic E-state index is 6.22. The van der Waals surface area contributed by atoms with Gasteiger partial charge in [0, 0.05) is 23.5 Å². The van der Waals surface area contributed by atoms with Gasteiger partial charge in [-0.05, 0) is 20.3 Å². The SMILES string of the molecule is CCc1nc(CN2CCOCC2)sc1C(C)(C)N. The van der Waals surface area contributed by atoms with Crippen molar-refractivity contribution < 1.29 is 4.74 Å². The minimum absolute atomic E-state index is 0.285. The highest BCUT2D eigenvalue weighted by Crippen LogP contribution is 2.29. The average Bonchev–Trinajstić information content (AvgIpc) is 2.73. The van der Waals surface area contributed by atoms with Gasteiger partial charge >= 0.3 is 0 Å². The number of ether oxygens (including phenoxy) is 1. The molecule has 0 saturated carbocycles. The molecule has 1 fully saturated rings. The van der Waals surface area contributed by atoms with Crippen LogP contribution in [0.3, 0.4) is 0 Å². The first-order valence-corrected chi connectivity index (χ1v) is 7.40. The van der Waals surface area contributed by atoms with E-state index in [4.69, 9.17) is 15.5 Å². The highest BCUT2D eigenvalue weighted by atomic mass is 32.1. The molecule has 0 spiro atoms. The van der Waals surface area contributed by atoms with E-state index >= 15 is 0 Å². The first kappa shape index (κ1) is 13.9. The van der Waals surface area contributed by atoms with Crippen molar-refractivity contribution in [3.8, 4) is 0 Å². The fourth-order valence-electron chi connectivity index (χ4n) is 2.16. The summed E-state index contributed by atoms with van der Waals surface area (Å²) in [6.45, 7) is 10.9. The third kappa shape index (κ3) is 3.29. The van der Waals surface area contributed by atoms with E-state index < -0.39 is 0 Å². The van der Waals surface area contributed by atoms with Crippen LogP contribution in [0.4, 0.5) is 0 Å². The van der Waals surface area contributed by atoms with Crippen molar-refractivity contribution in [1.29, 1.82) is 0 Å². The Hall–Kier alpha value is -0.490. The zero-order chi connectivity index (χ0) is 13.2. The molecule has 2 heterocycles. The van der Waals surface area contributed by atoms with Gasteiger partial charge in [0.15, 0.2) is 0 Å². The summed E-state index contributed by atoms with van der Waals surface area (Å²) in [6.07, 6.45) is 0.954. The summed E-state index contributed by atoms with van der Waals surface area (Å²) in [5.74, 6) is 0. The Morgan fingerprint density at radius 3 is 2.56 bits per heavy atom. The van der Waals surface area contributed by atoms with Crippen LogP contribution in [0.1, 0.15) is 36.3 Å². The third-order valence-electron chi connectivity index (χ3n) is 3.12. The Balaban J connectivity index is 2.11. The molecule has 2 N–H and O–H groups in total. The summed E-state index contributed by atoms with van der Waals surface area (Å²) in [5, 5.41) is 1.18. The van der Waals surface area contributed by atoms with E-state index in [1.807, 2.05) is 0 Å². The number of aryl methyl sites for hydroxylation is 1. The number of morpholine rings is 1. The van der Waals surface area contributed by atoms with Crippen molar-refractivity contribution in [2.75, 3.05) is 26.3 Å². The standard InChI is InChI=1S/C13H23N3OS/c1-4-10-12(13(2,3)14)18-11(15-10)9-16-5-7-17-8-6-16/h4-9,14H2,1-3H3. The lowest BCUT2D eigenvalue weighted by Crippen LogP contribution is -2.35. The van der Waals surface area contributed by atoms with Gasteiger partial charge in [0.1, 0.15) is 5.01 Å². The van der Waals surface area contributed by atoms with Gasteiger partial charge < -0.3 is 10.5 Å². The Bertz CT molecular complexity index is 391. The number of aromatic nitrogens is 1. The molecule has 2 rings (SSSR count). The molecule has 0 radical (unpaired) electrons.